The molecule has 0 amide bonds. The Hall–Kier alpha value is -1.56. The van der Waals surface area contributed by atoms with Gasteiger partial charge >= 0.3 is 12.1 Å². The summed E-state index contributed by atoms with van der Waals surface area (Å²) in [6.45, 7) is -0.734. The standard InChI is InChI=1S/C13H15F3O3/c14-13(15,16)11(12(17)18)9-19-8-4-7-10-5-2-1-3-6-10/h1-3,5-6,11H,4,7-9H2,(H,17,18). The van der Waals surface area contributed by atoms with Crippen LogP contribution in [-0.4, -0.2) is 30.5 Å². The van der Waals surface area contributed by atoms with Crippen LogP contribution in [0.5, 0.6) is 0 Å². The molecule has 106 valence electrons. The van der Waals surface area contributed by atoms with Gasteiger partial charge in [-0.05, 0) is 18.4 Å². The van der Waals surface area contributed by atoms with Crippen molar-refractivity contribution in [2.75, 3.05) is 13.2 Å². The first-order valence-corrected chi connectivity index (χ1v) is 5.82. The van der Waals surface area contributed by atoms with Crippen LogP contribution in [0.1, 0.15) is 12.0 Å². The first-order chi connectivity index (χ1) is 8.91. The molecular weight excluding hydrogens is 261 g/mol. The Morgan fingerprint density at radius 3 is 2.42 bits per heavy atom. The van der Waals surface area contributed by atoms with E-state index in [0.29, 0.717) is 12.8 Å². The SMILES string of the molecule is O=C(O)C(COCCCc1ccccc1)C(F)(F)F. The molecule has 1 N–H and O–H groups in total. The number of aryl methyl sites for hydroxylation is 1. The molecule has 3 nitrogen and oxygen atoms in total. The molecule has 1 aromatic carbocycles. The molecule has 0 heterocycles. The molecule has 0 saturated heterocycles. The number of benzene rings is 1. The van der Waals surface area contributed by atoms with Gasteiger partial charge in [0.05, 0.1) is 6.61 Å². The zero-order valence-electron chi connectivity index (χ0n) is 10.2. The second-order valence-electron chi connectivity index (χ2n) is 4.10. The maximum atomic E-state index is 12.3. The predicted octanol–water partition coefficient (Wildman–Crippen LogP) is 2.90. The van der Waals surface area contributed by atoms with Crippen molar-refractivity contribution in [1.82, 2.24) is 0 Å². The first-order valence-electron chi connectivity index (χ1n) is 5.82. The lowest BCUT2D eigenvalue weighted by Crippen LogP contribution is -2.34. The van der Waals surface area contributed by atoms with E-state index < -0.39 is 24.7 Å². The number of aliphatic carboxylic acids is 1. The van der Waals surface area contributed by atoms with Gasteiger partial charge < -0.3 is 9.84 Å². The zero-order chi connectivity index (χ0) is 14.3. The van der Waals surface area contributed by atoms with Gasteiger partial charge in [0.2, 0.25) is 0 Å². The van der Waals surface area contributed by atoms with Gasteiger partial charge in [0, 0.05) is 6.61 Å². The molecule has 0 fully saturated rings. The largest absolute Gasteiger partial charge is 0.481 e. The molecular formula is C13H15F3O3. The van der Waals surface area contributed by atoms with Gasteiger partial charge in [-0.3, -0.25) is 4.79 Å². The Bertz CT molecular complexity index is 390. The lowest BCUT2D eigenvalue weighted by molar-refractivity contribution is -0.202. The number of halogens is 3. The monoisotopic (exact) mass is 276 g/mol. The van der Waals surface area contributed by atoms with Crippen molar-refractivity contribution in [1.29, 1.82) is 0 Å². The van der Waals surface area contributed by atoms with Gasteiger partial charge in [-0.15, -0.1) is 0 Å². The lowest BCUT2D eigenvalue weighted by Gasteiger charge is -2.15. The summed E-state index contributed by atoms with van der Waals surface area (Å²) in [5.74, 6) is -4.36. The molecule has 0 aliphatic carbocycles. The maximum Gasteiger partial charge on any atom is 0.404 e. The number of hydrogen-bond acceptors (Lipinski definition) is 2. The smallest absolute Gasteiger partial charge is 0.404 e. The number of ether oxygens (including phenoxy) is 1. The fraction of sp³-hybridized carbons (Fsp3) is 0.462. The number of hydrogen-bond donors (Lipinski definition) is 1. The Morgan fingerprint density at radius 2 is 1.89 bits per heavy atom. The van der Waals surface area contributed by atoms with Crippen molar-refractivity contribution in [2.24, 2.45) is 5.92 Å². The molecule has 0 spiro atoms. The van der Waals surface area contributed by atoms with Crippen LogP contribution in [0.3, 0.4) is 0 Å². The van der Waals surface area contributed by atoms with E-state index in [0.717, 1.165) is 5.56 Å². The number of rotatable bonds is 7. The van der Waals surface area contributed by atoms with Crippen LogP contribution in [0.4, 0.5) is 13.2 Å². The molecule has 0 aromatic heterocycles. The van der Waals surface area contributed by atoms with Crippen molar-refractivity contribution >= 4 is 5.97 Å². The Balaban J connectivity index is 2.25. The fourth-order valence-electron chi connectivity index (χ4n) is 1.53. The highest BCUT2D eigenvalue weighted by Gasteiger charge is 2.45. The van der Waals surface area contributed by atoms with E-state index in [4.69, 9.17) is 9.84 Å². The number of alkyl halides is 3. The van der Waals surface area contributed by atoms with E-state index in [-0.39, 0.29) is 6.61 Å². The third-order valence-electron chi connectivity index (χ3n) is 2.57. The summed E-state index contributed by atoms with van der Waals surface area (Å²) < 4.78 is 41.7. The van der Waals surface area contributed by atoms with E-state index in [1.54, 1.807) is 0 Å². The quantitative estimate of drug-likeness (QED) is 0.779. The summed E-state index contributed by atoms with van der Waals surface area (Å²) in [5.41, 5.74) is 1.07. The molecule has 0 aliphatic heterocycles. The minimum atomic E-state index is -4.77. The van der Waals surface area contributed by atoms with Gasteiger partial charge in [-0.2, -0.15) is 13.2 Å². The van der Waals surface area contributed by atoms with E-state index >= 15 is 0 Å². The minimum absolute atomic E-state index is 0.106. The highest BCUT2D eigenvalue weighted by Crippen LogP contribution is 2.26. The van der Waals surface area contributed by atoms with Crippen LogP contribution in [0.2, 0.25) is 0 Å². The molecule has 1 aromatic rings. The molecule has 0 aliphatic rings. The molecule has 1 atom stereocenters. The summed E-state index contributed by atoms with van der Waals surface area (Å²) in [4.78, 5) is 10.4. The molecule has 1 unspecified atom stereocenters. The zero-order valence-corrected chi connectivity index (χ0v) is 10.2. The average Bonchev–Trinajstić information content (AvgIpc) is 2.32. The van der Waals surface area contributed by atoms with Crippen LogP contribution < -0.4 is 0 Å². The first kappa shape index (κ1) is 15.5. The van der Waals surface area contributed by atoms with Crippen LogP contribution in [-0.2, 0) is 16.0 Å². The highest BCUT2D eigenvalue weighted by atomic mass is 19.4. The molecule has 0 saturated carbocycles. The van der Waals surface area contributed by atoms with Crippen molar-refractivity contribution in [3.63, 3.8) is 0 Å². The summed E-state index contributed by atoms with van der Waals surface area (Å²) in [6, 6.07) is 9.45. The third kappa shape index (κ3) is 5.74. The summed E-state index contributed by atoms with van der Waals surface area (Å²) in [5, 5.41) is 8.44. The minimum Gasteiger partial charge on any atom is -0.481 e. The van der Waals surface area contributed by atoms with Crippen LogP contribution >= 0.6 is 0 Å². The summed E-state index contributed by atoms with van der Waals surface area (Å²) >= 11 is 0. The predicted molar refractivity (Wildman–Crippen MR) is 62.8 cm³/mol. The molecule has 6 heteroatoms. The van der Waals surface area contributed by atoms with Gasteiger partial charge in [-0.1, -0.05) is 30.3 Å². The average molecular weight is 276 g/mol. The molecule has 0 bridgehead atoms. The second kappa shape index (κ2) is 7.13. The Kier molecular flexibility index (Phi) is 5.82. The highest BCUT2D eigenvalue weighted by molar-refractivity contribution is 5.71. The van der Waals surface area contributed by atoms with E-state index in [1.807, 2.05) is 30.3 Å². The van der Waals surface area contributed by atoms with Crippen molar-refractivity contribution < 1.29 is 27.8 Å². The maximum absolute atomic E-state index is 12.3. The lowest BCUT2D eigenvalue weighted by atomic mass is 10.1. The van der Waals surface area contributed by atoms with Crippen molar-refractivity contribution in [2.45, 2.75) is 19.0 Å². The van der Waals surface area contributed by atoms with Crippen molar-refractivity contribution in [3.05, 3.63) is 35.9 Å². The van der Waals surface area contributed by atoms with Gasteiger partial charge in [0.1, 0.15) is 0 Å². The van der Waals surface area contributed by atoms with Gasteiger partial charge in [0.25, 0.3) is 0 Å². The Labute approximate surface area is 109 Å². The van der Waals surface area contributed by atoms with Crippen molar-refractivity contribution in [3.8, 4) is 0 Å². The van der Waals surface area contributed by atoms with Gasteiger partial charge in [-0.25, -0.2) is 0 Å². The topological polar surface area (TPSA) is 46.5 Å². The summed E-state index contributed by atoms with van der Waals surface area (Å²) in [6.07, 6.45) is -3.54. The summed E-state index contributed by atoms with van der Waals surface area (Å²) in [7, 11) is 0. The third-order valence-corrected chi connectivity index (χ3v) is 2.57. The molecule has 0 radical (unpaired) electrons. The van der Waals surface area contributed by atoms with E-state index in [9.17, 15) is 18.0 Å². The van der Waals surface area contributed by atoms with Gasteiger partial charge in [0.15, 0.2) is 5.92 Å². The number of carbonyl (C=O) groups is 1. The molecule has 1 rings (SSSR count). The Morgan fingerprint density at radius 1 is 1.26 bits per heavy atom. The van der Waals surface area contributed by atoms with Crippen LogP contribution in [0.15, 0.2) is 30.3 Å². The van der Waals surface area contributed by atoms with E-state index in [1.165, 1.54) is 0 Å². The van der Waals surface area contributed by atoms with E-state index in [2.05, 4.69) is 0 Å². The normalized spacial score (nSPS) is 13.2. The van der Waals surface area contributed by atoms with Crippen LogP contribution in [0.25, 0.3) is 0 Å². The second-order valence-corrected chi connectivity index (χ2v) is 4.10. The fourth-order valence-corrected chi connectivity index (χ4v) is 1.53. The number of carboxylic acids is 1. The number of carboxylic acid groups (broad SMARTS) is 1. The van der Waals surface area contributed by atoms with Crippen LogP contribution in [0, 0.1) is 5.92 Å². The molecule has 19 heavy (non-hydrogen) atoms.